The molecule has 0 saturated heterocycles. The lowest BCUT2D eigenvalue weighted by molar-refractivity contribution is 0.133. The Bertz CT molecular complexity index is 1330. The molecule has 0 radical (unpaired) electrons. The minimum absolute atomic E-state index is 0.167. The van der Waals surface area contributed by atoms with E-state index >= 15 is 0 Å². The highest BCUT2D eigenvalue weighted by Gasteiger charge is 2.60. The Labute approximate surface area is 264 Å². The first-order chi connectivity index (χ1) is 20.1. The third kappa shape index (κ3) is 4.41. The Morgan fingerprint density at radius 1 is 0.535 bits per heavy atom. The number of rotatable bonds is 3. The minimum atomic E-state index is 0.167. The van der Waals surface area contributed by atoms with E-state index in [0.717, 1.165) is 5.92 Å². The summed E-state index contributed by atoms with van der Waals surface area (Å²) >= 11 is 0. The molecule has 0 heterocycles. The highest BCUT2D eigenvalue weighted by atomic mass is 14.6. The number of hydrogen-bond donors (Lipinski definition) is 0. The molecule has 6 aliphatic rings. The van der Waals surface area contributed by atoms with Gasteiger partial charge in [-0.1, -0.05) is 129 Å². The van der Waals surface area contributed by atoms with Crippen LogP contribution in [0.25, 0.3) is 0 Å². The average molecular weight is 577 g/mol. The van der Waals surface area contributed by atoms with E-state index < -0.39 is 0 Å². The molecule has 4 fully saturated rings. The van der Waals surface area contributed by atoms with Crippen LogP contribution in [0, 0.1) is 64.1 Å². The molecule has 5 atom stereocenters. The van der Waals surface area contributed by atoms with E-state index in [1.807, 2.05) is 0 Å². The molecule has 0 N–H and O–H groups in total. The van der Waals surface area contributed by atoms with Crippen molar-refractivity contribution in [2.45, 2.75) is 126 Å². The van der Waals surface area contributed by atoms with Crippen LogP contribution in [0.5, 0.6) is 0 Å². The molecule has 1 aromatic carbocycles. The summed E-state index contributed by atoms with van der Waals surface area (Å²) in [6.45, 7) is 25.3. The predicted octanol–water partition coefficient (Wildman–Crippen LogP) is 12.0. The Kier molecular flexibility index (Phi) is 6.66. The van der Waals surface area contributed by atoms with Crippen molar-refractivity contribution in [2.75, 3.05) is 0 Å². The zero-order valence-electron chi connectivity index (χ0n) is 29.2. The third-order valence-electron chi connectivity index (χ3n) is 14.4. The highest BCUT2D eigenvalue weighted by molar-refractivity contribution is 5.52. The molecule has 0 heteroatoms. The summed E-state index contributed by atoms with van der Waals surface area (Å²) in [4.78, 5) is 0. The molecule has 43 heavy (non-hydrogen) atoms. The molecule has 7 rings (SSSR count). The summed E-state index contributed by atoms with van der Waals surface area (Å²) in [5, 5.41) is 0. The molecule has 0 aliphatic heterocycles. The van der Waals surface area contributed by atoms with Crippen molar-refractivity contribution < 1.29 is 0 Å². The van der Waals surface area contributed by atoms with E-state index in [2.05, 4.69) is 118 Å². The second kappa shape index (κ2) is 9.59. The van der Waals surface area contributed by atoms with Gasteiger partial charge in [0.25, 0.3) is 0 Å². The van der Waals surface area contributed by atoms with Crippen molar-refractivity contribution in [3.63, 3.8) is 0 Å². The van der Waals surface area contributed by atoms with Gasteiger partial charge in [-0.05, 0) is 136 Å². The summed E-state index contributed by atoms with van der Waals surface area (Å²) in [7, 11) is 0. The second-order valence-corrected chi connectivity index (χ2v) is 18.8. The van der Waals surface area contributed by atoms with E-state index in [1.165, 1.54) is 56.9 Å². The summed E-state index contributed by atoms with van der Waals surface area (Å²) in [5.41, 5.74) is 11.0. The summed E-state index contributed by atoms with van der Waals surface area (Å²) in [5.74, 6) is 3.76. The smallest absolute Gasteiger partial charge is 0.000715 e. The highest BCUT2D eigenvalue weighted by Crippen LogP contribution is 2.67. The molecule has 6 aliphatic carbocycles. The van der Waals surface area contributed by atoms with E-state index in [1.54, 1.807) is 27.9 Å². The van der Waals surface area contributed by atoms with Crippen LogP contribution in [0.2, 0.25) is 0 Å². The number of hydrogen-bond acceptors (Lipinski definition) is 0. The van der Waals surface area contributed by atoms with Gasteiger partial charge in [0.1, 0.15) is 0 Å². The minimum Gasteiger partial charge on any atom is -0.0764 e. The van der Waals surface area contributed by atoms with Gasteiger partial charge >= 0.3 is 0 Å². The Morgan fingerprint density at radius 2 is 0.884 bits per heavy atom. The molecule has 1 aromatic rings. The van der Waals surface area contributed by atoms with Crippen LogP contribution in [-0.4, -0.2) is 0 Å². The molecule has 0 nitrogen and oxygen atoms in total. The van der Waals surface area contributed by atoms with Crippen molar-refractivity contribution in [3.05, 3.63) is 82.0 Å². The van der Waals surface area contributed by atoms with Crippen LogP contribution in [0.3, 0.4) is 0 Å². The Morgan fingerprint density at radius 3 is 1.26 bits per heavy atom. The van der Waals surface area contributed by atoms with E-state index in [9.17, 15) is 0 Å². The first-order valence-electron chi connectivity index (χ1n) is 18.0. The lowest BCUT2D eigenvalue weighted by atomic mass is 9.53. The van der Waals surface area contributed by atoms with Gasteiger partial charge in [0.05, 0.1) is 0 Å². The summed E-state index contributed by atoms with van der Waals surface area (Å²) < 4.78 is 0. The second-order valence-electron chi connectivity index (χ2n) is 18.8. The topological polar surface area (TPSA) is 0 Å². The van der Waals surface area contributed by atoms with Crippen molar-refractivity contribution in [2.24, 2.45) is 57.2 Å². The number of fused-ring (bicyclic) bond motifs is 5. The van der Waals surface area contributed by atoms with Gasteiger partial charge in [0.15, 0.2) is 0 Å². The fourth-order valence-electron chi connectivity index (χ4n) is 11.3. The third-order valence-corrected chi connectivity index (χ3v) is 14.4. The van der Waals surface area contributed by atoms with Crippen LogP contribution >= 0.6 is 0 Å². The van der Waals surface area contributed by atoms with Gasteiger partial charge in [-0.15, -0.1) is 0 Å². The van der Waals surface area contributed by atoms with Gasteiger partial charge in [0, 0.05) is 0 Å². The van der Waals surface area contributed by atoms with Crippen LogP contribution in [-0.2, 0) is 5.41 Å². The van der Waals surface area contributed by atoms with Crippen LogP contribution in [0.4, 0.5) is 0 Å². The molecule has 0 bridgehead atoms. The lowest BCUT2D eigenvalue weighted by Gasteiger charge is -2.50. The van der Waals surface area contributed by atoms with E-state index in [-0.39, 0.29) is 27.1 Å². The fraction of sp³-hybridized carbons (Fsp3) is 0.674. The molecule has 0 amide bonds. The van der Waals surface area contributed by atoms with Crippen molar-refractivity contribution in [1.82, 2.24) is 0 Å². The molecular formula is C43H60. The fourth-order valence-corrected chi connectivity index (χ4v) is 11.3. The lowest BCUT2D eigenvalue weighted by Crippen LogP contribution is -2.45. The quantitative estimate of drug-likeness (QED) is 0.336. The zero-order chi connectivity index (χ0) is 30.7. The molecule has 4 saturated carbocycles. The first kappa shape index (κ1) is 29.9. The van der Waals surface area contributed by atoms with Crippen molar-refractivity contribution in [3.8, 4) is 0 Å². The molecule has 0 aromatic heterocycles. The van der Waals surface area contributed by atoms with Gasteiger partial charge in [-0.3, -0.25) is 0 Å². The van der Waals surface area contributed by atoms with Gasteiger partial charge < -0.3 is 0 Å². The Hall–Kier alpha value is -1.82. The predicted molar refractivity (Wildman–Crippen MR) is 184 cm³/mol. The SMILES string of the molecule is Cc1ccc(C(C)(C2CCCC2)C2C3C=C4C(=CC3C3C=C5C(=CC32)C(C)(C)CCC5(C)C)C(C)(C)CCC4(C)C)cc1. The maximum Gasteiger partial charge on any atom is -0.000715 e. The van der Waals surface area contributed by atoms with Crippen LogP contribution < -0.4 is 0 Å². The molecule has 0 spiro atoms. The maximum atomic E-state index is 2.91. The Balaban J connectivity index is 1.48. The van der Waals surface area contributed by atoms with E-state index in [4.69, 9.17) is 0 Å². The van der Waals surface area contributed by atoms with Gasteiger partial charge in [-0.25, -0.2) is 0 Å². The van der Waals surface area contributed by atoms with Crippen LogP contribution in [0.15, 0.2) is 70.9 Å². The number of benzene rings is 1. The number of aryl methyl sites for hydroxylation is 1. The largest absolute Gasteiger partial charge is 0.0764 e. The normalized spacial score (nSPS) is 36.6. The zero-order valence-corrected chi connectivity index (χ0v) is 29.2. The van der Waals surface area contributed by atoms with Crippen molar-refractivity contribution in [1.29, 1.82) is 0 Å². The van der Waals surface area contributed by atoms with Crippen LogP contribution in [0.1, 0.15) is 125 Å². The monoisotopic (exact) mass is 576 g/mol. The summed E-state index contributed by atoms with van der Waals surface area (Å²) in [6, 6.07) is 9.87. The first-order valence-corrected chi connectivity index (χ1v) is 18.0. The molecule has 232 valence electrons. The van der Waals surface area contributed by atoms with Gasteiger partial charge in [-0.2, -0.15) is 0 Å². The van der Waals surface area contributed by atoms with Gasteiger partial charge in [0.2, 0.25) is 0 Å². The van der Waals surface area contributed by atoms with Crippen molar-refractivity contribution >= 4 is 0 Å². The maximum absolute atomic E-state index is 2.91. The standard InChI is InChI=1S/C43H60/c1-27-15-17-29(18-16-27)43(10,28-13-11-12-14-28)38-32-25-36-34(39(2,3)19-21-41(36,6)7)23-30(32)31-24-35-37(26-33(31)38)42(8,9)22-20-40(35,4)5/h15-18,23-26,28,30-33,38H,11-14,19-22H2,1-10H3. The average Bonchev–Trinajstić information content (AvgIpc) is 3.60. The molecule has 5 unspecified atom stereocenters. The molecular weight excluding hydrogens is 516 g/mol. The van der Waals surface area contributed by atoms with E-state index in [0.29, 0.717) is 29.6 Å². The number of allylic oxidation sites excluding steroid dienone is 8. The summed E-state index contributed by atoms with van der Waals surface area (Å²) in [6.07, 6.45) is 22.3.